The summed E-state index contributed by atoms with van der Waals surface area (Å²) in [6, 6.07) is 9.60. The SMILES string of the molecule is Cn1nc(N[S+](C)[O-])c2c(Cl)ccc(-n3c(C(Cc4cc(F)cc(F)c4)NC=O)nc4cc(-c5cc(F)c(F)cc5F)ccc4c3=O)c21. The van der Waals surface area contributed by atoms with Gasteiger partial charge in [-0.05, 0) is 53.6 Å². The van der Waals surface area contributed by atoms with Crippen molar-refractivity contribution < 1.29 is 31.3 Å². The number of hydrogen-bond acceptors (Lipinski definition) is 6. The van der Waals surface area contributed by atoms with Crippen LogP contribution < -0.4 is 15.6 Å². The zero-order valence-electron chi connectivity index (χ0n) is 24.8. The molecule has 6 aromatic rings. The molecule has 0 saturated carbocycles. The first kappa shape index (κ1) is 32.9. The Bertz CT molecular complexity index is 2300. The van der Waals surface area contributed by atoms with Gasteiger partial charge in [0.15, 0.2) is 11.6 Å². The Morgan fingerprint density at radius 1 is 0.979 bits per heavy atom. The van der Waals surface area contributed by atoms with Gasteiger partial charge in [-0.1, -0.05) is 17.7 Å². The molecule has 0 bridgehead atoms. The van der Waals surface area contributed by atoms with Gasteiger partial charge < -0.3 is 9.87 Å². The maximum atomic E-state index is 14.7. The molecular formula is C32H22ClF5N6O3S. The Labute approximate surface area is 276 Å². The number of aromatic nitrogens is 4. The normalized spacial score (nSPS) is 12.8. The molecule has 9 nitrogen and oxygen atoms in total. The van der Waals surface area contributed by atoms with E-state index in [9.17, 15) is 36.1 Å². The van der Waals surface area contributed by atoms with Crippen molar-refractivity contribution >= 4 is 57.0 Å². The summed E-state index contributed by atoms with van der Waals surface area (Å²) in [6.07, 6.45) is 1.47. The number of anilines is 1. The van der Waals surface area contributed by atoms with E-state index in [0.717, 1.165) is 12.1 Å². The van der Waals surface area contributed by atoms with Crippen molar-refractivity contribution in [3.63, 3.8) is 0 Å². The summed E-state index contributed by atoms with van der Waals surface area (Å²) in [5, 5.41) is 7.46. The van der Waals surface area contributed by atoms with Crippen molar-refractivity contribution in [2.45, 2.75) is 12.5 Å². The highest BCUT2D eigenvalue weighted by Gasteiger charge is 2.26. The van der Waals surface area contributed by atoms with E-state index in [-0.39, 0.29) is 56.4 Å². The maximum Gasteiger partial charge on any atom is 0.266 e. The van der Waals surface area contributed by atoms with Crippen molar-refractivity contribution in [1.82, 2.24) is 24.6 Å². The number of rotatable bonds is 9. The topological polar surface area (TPSA) is 117 Å². The van der Waals surface area contributed by atoms with E-state index in [2.05, 4.69) is 20.1 Å². The number of carbonyl (C=O) groups is 1. The number of carbonyl (C=O) groups excluding carboxylic acids is 1. The predicted octanol–water partition coefficient (Wildman–Crippen LogP) is 6.02. The summed E-state index contributed by atoms with van der Waals surface area (Å²) in [4.78, 5) is 31.0. The minimum Gasteiger partial charge on any atom is -0.593 e. The first-order valence-corrected chi connectivity index (χ1v) is 15.9. The highest BCUT2D eigenvalue weighted by Crippen LogP contribution is 2.36. The van der Waals surface area contributed by atoms with Gasteiger partial charge in [0.25, 0.3) is 5.56 Å². The molecule has 2 atom stereocenters. The average molecular weight is 701 g/mol. The third-order valence-corrected chi connectivity index (χ3v) is 8.35. The second kappa shape index (κ2) is 12.9. The summed E-state index contributed by atoms with van der Waals surface area (Å²) < 4.78 is 88.2. The molecule has 1 amide bonds. The van der Waals surface area contributed by atoms with Crippen molar-refractivity contribution in [2.75, 3.05) is 11.0 Å². The molecule has 246 valence electrons. The van der Waals surface area contributed by atoms with Crippen LogP contribution in [-0.2, 0) is 29.6 Å². The van der Waals surface area contributed by atoms with E-state index in [4.69, 9.17) is 11.6 Å². The van der Waals surface area contributed by atoms with Crippen molar-refractivity contribution in [3.8, 4) is 16.8 Å². The fourth-order valence-corrected chi connectivity index (χ4v) is 6.26. The number of amides is 1. The van der Waals surface area contributed by atoms with Crippen LogP contribution in [0.25, 0.3) is 38.6 Å². The Hall–Kier alpha value is -4.99. The summed E-state index contributed by atoms with van der Waals surface area (Å²) in [7, 11) is 1.56. The Morgan fingerprint density at radius 3 is 2.38 bits per heavy atom. The van der Waals surface area contributed by atoms with Gasteiger partial charge in [-0.25, -0.2) is 26.9 Å². The lowest BCUT2D eigenvalue weighted by molar-refractivity contribution is -0.110. The third-order valence-electron chi connectivity index (χ3n) is 7.56. The molecule has 2 unspecified atom stereocenters. The third kappa shape index (κ3) is 6.07. The van der Waals surface area contributed by atoms with Gasteiger partial charge in [-0.2, -0.15) is 4.72 Å². The van der Waals surface area contributed by atoms with E-state index in [1.54, 1.807) is 7.05 Å². The first-order valence-electron chi connectivity index (χ1n) is 14.0. The van der Waals surface area contributed by atoms with Crippen LogP contribution in [0.1, 0.15) is 17.4 Å². The molecule has 48 heavy (non-hydrogen) atoms. The van der Waals surface area contributed by atoms with Crippen LogP contribution >= 0.6 is 11.6 Å². The van der Waals surface area contributed by atoms with Crippen molar-refractivity contribution in [2.24, 2.45) is 7.05 Å². The number of halogens is 6. The fraction of sp³-hybridized carbons (Fsp3) is 0.125. The van der Waals surface area contributed by atoms with Gasteiger partial charge in [0.05, 0.1) is 49.9 Å². The van der Waals surface area contributed by atoms with E-state index in [1.807, 2.05) is 0 Å². The molecule has 0 aliphatic heterocycles. The highest BCUT2D eigenvalue weighted by molar-refractivity contribution is 7.92. The maximum absolute atomic E-state index is 14.7. The minimum atomic E-state index is -1.55. The summed E-state index contributed by atoms with van der Waals surface area (Å²) in [5.41, 5.74) is -0.364. The molecule has 2 aromatic heterocycles. The lowest BCUT2D eigenvalue weighted by atomic mass is 10.0. The standard InChI is InChI=1S/C32H22ClF5N6O3S/c1-43-29-27(6-5-21(33)28(29)30(41-43)42-48(2)47)44-31(26(39-14-45)9-15-7-17(34)11-18(35)8-15)40-25-10-16(3-4-19(25)32(44)46)20-12-23(37)24(38)13-22(20)36/h3-8,10-14,26H,9H2,1-2H3,(H,39,45)(H,41,42). The molecule has 16 heteroatoms. The lowest BCUT2D eigenvalue weighted by Gasteiger charge is -2.22. The van der Waals surface area contributed by atoms with Crippen LogP contribution in [0, 0.1) is 29.1 Å². The summed E-state index contributed by atoms with van der Waals surface area (Å²) in [5.74, 6) is -5.46. The molecule has 0 aliphatic rings. The first-order chi connectivity index (χ1) is 22.9. The van der Waals surface area contributed by atoms with Crippen LogP contribution in [0.15, 0.2) is 65.5 Å². The number of nitrogens with zero attached hydrogens (tertiary/aromatic N) is 4. The Morgan fingerprint density at radius 2 is 1.69 bits per heavy atom. The van der Waals surface area contributed by atoms with Gasteiger partial charge >= 0.3 is 0 Å². The molecule has 0 saturated heterocycles. The predicted molar refractivity (Wildman–Crippen MR) is 172 cm³/mol. The lowest BCUT2D eigenvalue weighted by Crippen LogP contribution is -2.32. The molecule has 0 radical (unpaired) electrons. The number of hydrogen-bond donors (Lipinski definition) is 2. The Kier molecular flexibility index (Phi) is 8.85. The fourth-order valence-electron chi connectivity index (χ4n) is 5.60. The molecule has 0 aliphatic carbocycles. The summed E-state index contributed by atoms with van der Waals surface area (Å²) in [6.45, 7) is 0. The van der Waals surface area contributed by atoms with Gasteiger partial charge in [0.2, 0.25) is 12.2 Å². The largest absolute Gasteiger partial charge is 0.593 e. The second-order valence-electron chi connectivity index (χ2n) is 10.7. The number of aryl methyl sites for hydroxylation is 1. The molecular weight excluding hydrogens is 679 g/mol. The quantitative estimate of drug-likeness (QED) is 0.0825. The van der Waals surface area contributed by atoms with E-state index in [0.29, 0.717) is 35.5 Å². The van der Waals surface area contributed by atoms with E-state index < -0.39 is 52.0 Å². The summed E-state index contributed by atoms with van der Waals surface area (Å²) >= 11 is 4.99. The van der Waals surface area contributed by atoms with E-state index >= 15 is 0 Å². The minimum absolute atomic E-state index is 0.00502. The highest BCUT2D eigenvalue weighted by atomic mass is 35.5. The average Bonchev–Trinajstić information content (AvgIpc) is 3.34. The van der Waals surface area contributed by atoms with Gasteiger partial charge in [0, 0.05) is 31.2 Å². The van der Waals surface area contributed by atoms with Crippen LogP contribution in [0.3, 0.4) is 0 Å². The van der Waals surface area contributed by atoms with Gasteiger partial charge in [-0.15, -0.1) is 5.10 Å². The number of fused-ring (bicyclic) bond motifs is 2. The molecule has 2 N–H and O–H groups in total. The number of nitrogens with one attached hydrogen (secondary N) is 2. The van der Waals surface area contributed by atoms with Crippen molar-refractivity contribution in [3.05, 3.63) is 117 Å². The molecule has 0 fully saturated rings. The molecule has 2 heterocycles. The van der Waals surface area contributed by atoms with Crippen LogP contribution in [0.4, 0.5) is 27.8 Å². The van der Waals surface area contributed by atoms with Crippen molar-refractivity contribution in [1.29, 1.82) is 0 Å². The smallest absolute Gasteiger partial charge is 0.266 e. The molecule has 0 spiro atoms. The van der Waals surface area contributed by atoms with Gasteiger partial charge in [0.1, 0.15) is 29.5 Å². The zero-order valence-corrected chi connectivity index (χ0v) is 26.4. The number of benzene rings is 4. The van der Waals surface area contributed by atoms with Crippen LogP contribution in [0.2, 0.25) is 5.02 Å². The van der Waals surface area contributed by atoms with E-state index in [1.165, 1.54) is 45.8 Å². The van der Waals surface area contributed by atoms with Gasteiger partial charge in [-0.3, -0.25) is 18.8 Å². The second-order valence-corrected chi connectivity index (χ2v) is 12.2. The molecule has 6 rings (SSSR count). The monoisotopic (exact) mass is 700 g/mol. The molecule has 4 aromatic carbocycles. The van der Waals surface area contributed by atoms with Crippen LogP contribution in [0.5, 0.6) is 0 Å². The van der Waals surface area contributed by atoms with Crippen LogP contribution in [-0.4, -0.2) is 36.6 Å². The zero-order chi connectivity index (χ0) is 34.4. The Balaban J connectivity index is 1.66.